The van der Waals surface area contributed by atoms with Crippen LogP contribution in [0.2, 0.25) is 0 Å². The van der Waals surface area contributed by atoms with Gasteiger partial charge in [0.15, 0.2) is 0 Å². The van der Waals surface area contributed by atoms with Gasteiger partial charge in [-0.15, -0.1) is 11.8 Å². The molecule has 0 saturated heterocycles. The Balaban J connectivity index is 2.52. The SMILES string of the molecule is CCCCSc1c(-n2cc(C(=O)O)cn2)ccc(CC)c1C#N. The van der Waals surface area contributed by atoms with Crippen LogP contribution in [0.5, 0.6) is 0 Å². The van der Waals surface area contributed by atoms with Gasteiger partial charge in [-0.3, -0.25) is 0 Å². The lowest BCUT2D eigenvalue weighted by Crippen LogP contribution is -2.02. The Morgan fingerprint density at radius 3 is 2.78 bits per heavy atom. The number of aryl methyl sites for hydroxylation is 1. The van der Waals surface area contributed by atoms with Crippen molar-refractivity contribution in [2.24, 2.45) is 0 Å². The number of carboxylic acid groups (broad SMARTS) is 1. The third kappa shape index (κ3) is 3.74. The van der Waals surface area contributed by atoms with Crippen molar-refractivity contribution in [2.45, 2.75) is 38.0 Å². The minimum atomic E-state index is -1.01. The number of thioether (sulfide) groups is 1. The topological polar surface area (TPSA) is 78.9 Å². The van der Waals surface area contributed by atoms with E-state index >= 15 is 0 Å². The summed E-state index contributed by atoms with van der Waals surface area (Å²) in [5.74, 6) is -0.0968. The second-order valence-corrected chi connectivity index (χ2v) is 6.20. The molecular weight excluding hydrogens is 310 g/mol. The summed E-state index contributed by atoms with van der Waals surface area (Å²) in [5, 5.41) is 22.8. The molecule has 23 heavy (non-hydrogen) atoms. The van der Waals surface area contributed by atoms with Crippen LogP contribution in [0.25, 0.3) is 5.69 Å². The molecule has 6 heteroatoms. The number of hydrogen-bond donors (Lipinski definition) is 1. The summed E-state index contributed by atoms with van der Waals surface area (Å²) in [6.45, 7) is 4.15. The monoisotopic (exact) mass is 329 g/mol. The molecule has 0 aliphatic rings. The zero-order chi connectivity index (χ0) is 16.8. The van der Waals surface area contributed by atoms with Crippen molar-refractivity contribution in [3.05, 3.63) is 41.2 Å². The van der Waals surface area contributed by atoms with E-state index in [1.807, 2.05) is 19.1 Å². The van der Waals surface area contributed by atoms with Crippen LogP contribution in [0.1, 0.15) is 48.2 Å². The quantitative estimate of drug-likeness (QED) is 0.615. The first-order valence-corrected chi connectivity index (χ1v) is 8.58. The molecule has 1 heterocycles. The lowest BCUT2D eigenvalue weighted by molar-refractivity contribution is 0.0697. The number of nitrogens with zero attached hydrogens (tertiary/aromatic N) is 3. The van der Waals surface area contributed by atoms with Crippen molar-refractivity contribution in [1.82, 2.24) is 9.78 Å². The van der Waals surface area contributed by atoms with Crippen molar-refractivity contribution in [2.75, 3.05) is 5.75 Å². The highest BCUT2D eigenvalue weighted by Crippen LogP contribution is 2.32. The van der Waals surface area contributed by atoms with Gasteiger partial charge in [0.25, 0.3) is 0 Å². The number of aromatic carboxylic acids is 1. The smallest absolute Gasteiger partial charge is 0.338 e. The summed E-state index contributed by atoms with van der Waals surface area (Å²) >= 11 is 1.63. The standard InChI is InChI=1S/C17H19N3O2S/c1-3-5-8-23-16-14(9-18)12(4-2)6-7-15(16)20-11-13(10-19-20)17(21)22/h6-7,10-11H,3-5,8H2,1-2H3,(H,21,22). The van der Waals surface area contributed by atoms with Crippen molar-refractivity contribution in [3.63, 3.8) is 0 Å². The number of carbonyl (C=O) groups is 1. The highest BCUT2D eigenvalue weighted by molar-refractivity contribution is 7.99. The van der Waals surface area contributed by atoms with Crippen LogP contribution >= 0.6 is 11.8 Å². The van der Waals surface area contributed by atoms with Crippen LogP contribution in [0.15, 0.2) is 29.4 Å². The average molecular weight is 329 g/mol. The van der Waals surface area contributed by atoms with E-state index in [9.17, 15) is 10.1 Å². The van der Waals surface area contributed by atoms with E-state index in [1.165, 1.54) is 17.1 Å². The molecular formula is C17H19N3O2S. The summed E-state index contributed by atoms with van der Waals surface area (Å²) in [6.07, 6.45) is 5.73. The third-order valence-electron chi connectivity index (χ3n) is 3.54. The first-order valence-electron chi connectivity index (χ1n) is 7.59. The average Bonchev–Trinajstić information content (AvgIpc) is 3.04. The van der Waals surface area contributed by atoms with Gasteiger partial charge < -0.3 is 5.11 Å². The molecule has 1 N–H and O–H groups in total. The number of unbranched alkanes of at least 4 members (excludes halogenated alkanes) is 1. The summed E-state index contributed by atoms with van der Waals surface area (Å²) in [7, 11) is 0. The Bertz CT molecular complexity index is 747. The molecule has 1 aromatic heterocycles. The van der Waals surface area contributed by atoms with Crippen LogP contribution in [-0.2, 0) is 6.42 Å². The lowest BCUT2D eigenvalue weighted by atomic mass is 10.1. The summed E-state index contributed by atoms with van der Waals surface area (Å²) < 4.78 is 1.54. The van der Waals surface area contributed by atoms with E-state index in [0.29, 0.717) is 5.56 Å². The normalized spacial score (nSPS) is 10.5. The van der Waals surface area contributed by atoms with E-state index in [-0.39, 0.29) is 5.56 Å². The Morgan fingerprint density at radius 2 is 2.22 bits per heavy atom. The summed E-state index contributed by atoms with van der Waals surface area (Å²) in [6, 6.07) is 6.13. The summed E-state index contributed by atoms with van der Waals surface area (Å²) in [4.78, 5) is 11.9. The minimum Gasteiger partial charge on any atom is -0.478 e. The second-order valence-electron chi connectivity index (χ2n) is 5.09. The molecule has 0 saturated carbocycles. The first-order chi connectivity index (χ1) is 11.1. The van der Waals surface area contributed by atoms with Gasteiger partial charge in [0.1, 0.15) is 6.07 Å². The molecule has 0 fully saturated rings. The van der Waals surface area contributed by atoms with Gasteiger partial charge in [-0.2, -0.15) is 10.4 Å². The molecule has 0 aliphatic heterocycles. The van der Waals surface area contributed by atoms with E-state index in [2.05, 4.69) is 18.1 Å². The predicted octanol–water partition coefficient (Wildman–Crippen LogP) is 3.90. The molecule has 5 nitrogen and oxygen atoms in total. The van der Waals surface area contributed by atoms with Crippen LogP contribution in [0.4, 0.5) is 0 Å². The van der Waals surface area contributed by atoms with Gasteiger partial charge in [-0.05, 0) is 30.2 Å². The maximum Gasteiger partial charge on any atom is 0.338 e. The maximum absolute atomic E-state index is 11.1. The van der Waals surface area contributed by atoms with Crippen molar-refractivity contribution in [3.8, 4) is 11.8 Å². The fourth-order valence-corrected chi connectivity index (χ4v) is 3.51. The molecule has 0 amide bonds. The second kappa shape index (κ2) is 7.84. The number of aromatic nitrogens is 2. The van der Waals surface area contributed by atoms with Crippen LogP contribution in [-0.4, -0.2) is 26.6 Å². The van der Waals surface area contributed by atoms with Gasteiger partial charge >= 0.3 is 5.97 Å². The molecule has 0 atom stereocenters. The number of rotatable bonds is 7. The highest BCUT2D eigenvalue weighted by atomic mass is 32.2. The maximum atomic E-state index is 11.1. The van der Waals surface area contributed by atoms with Crippen LogP contribution in [0.3, 0.4) is 0 Å². The predicted molar refractivity (Wildman–Crippen MR) is 90.2 cm³/mol. The first kappa shape index (κ1) is 17.1. The van der Waals surface area contributed by atoms with Gasteiger partial charge in [-0.1, -0.05) is 26.3 Å². The van der Waals surface area contributed by atoms with E-state index in [4.69, 9.17) is 5.11 Å². The largest absolute Gasteiger partial charge is 0.478 e. The van der Waals surface area contributed by atoms with Gasteiger partial charge in [0.05, 0.1) is 27.9 Å². The number of benzene rings is 1. The van der Waals surface area contributed by atoms with Gasteiger partial charge in [0.2, 0.25) is 0 Å². The molecule has 1 aromatic carbocycles. The van der Waals surface area contributed by atoms with Crippen LogP contribution in [0, 0.1) is 11.3 Å². The zero-order valence-electron chi connectivity index (χ0n) is 13.2. The number of hydrogen-bond acceptors (Lipinski definition) is 4. The lowest BCUT2D eigenvalue weighted by Gasteiger charge is -2.13. The fraction of sp³-hybridized carbons (Fsp3) is 0.353. The molecule has 120 valence electrons. The van der Waals surface area contributed by atoms with Crippen LogP contribution < -0.4 is 0 Å². The van der Waals surface area contributed by atoms with Crippen molar-refractivity contribution in [1.29, 1.82) is 5.26 Å². The molecule has 0 unspecified atom stereocenters. The fourth-order valence-electron chi connectivity index (χ4n) is 2.24. The Labute approximate surface area is 139 Å². The minimum absolute atomic E-state index is 0.132. The van der Waals surface area contributed by atoms with E-state index < -0.39 is 5.97 Å². The molecule has 2 aromatic rings. The molecule has 0 spiro atoms. The Morgan fingerprint density at radius 1 is 1.43 bits per heavy atom. The van der Waals surface area contributed by atoms with Gasteiger partial charge in [0, 0.05) is 6.20 Å². The number of nitriles is 1. The molecule has 0 bridgehead atoms. The Kier molecular flexibility index (Phi) is 5.83. The molecule has 0 aliphatic carbocycles. The highest BCUT2D eigenvalue weighted by Gasteiger charge is 2.16. The summed E-state index contributed by atoms with van der Waals surface area (Å²) in [5.41, 5.74) is 2.55. The van der Waals surface area contributed by atoms with Crippen molar-refractivity contribution >= 4 is 17.7 Å². The molecule has 0 radical (unpaired) electrons. The van der Waals surface area contributed by atoms with E-state index in [0.717, 1.165) is 41.2 Å². The number of carboxylic acids is 1. The van der Waals surface area contributed by atoms with E-state index in [1.54, 1.807) is 11.8 Å². The third-order valence-corrected chi connectivity index (χ3v) is 4.73. The zero-order valence-corrected chi connectivity index (χ0v) is 14.1. The van der Waals surface area contributed by atoms with Crippen molar-refractivity contribution < 1.29 is 9.90 Å². The molecule has 2 rings (SSSR count). The Hall–Kier alpha value is -2.26. The van der Waals surface area contributed by atoms with Gasteiger partial charge in [-0.25, -0.2) is 9.48 Å².